The lowest BCUT2D eigenvalue weighted by molar-refractivity contribution is 0.300. The molecule has 0 saturated carbocycles. The Balaban J connectivity index is 2.85. The zero-order chi connectivity index (χ0) is 13.5. The van der Waals surface area contributed by atoms with Gasteiger partial charge in [-0.15, -0.1) is 0 Å². The molecule has 2 unspecified atom stereocenters. The summed E-state index contributed by atoms with van der Waals surface area (Å²) in [6.45, 7) is 6.82. The van der Waals surface area contributed by atoms with Crippen LogP contribution in [0.5, 0.6) is 5.75 Å². The Morgan fingerprint density at radius 3 is 2.67 bits per heavy atom. The number of ether oxygens (including phenoxy) is 1. The van der Waals surface area contributed by atoms with Crippen LogP contribution in [0.3, 0.4) is 0 Å². The van der Waals surface area contributed by atoms with Crippen LogP contribution < -0.4 is 10.5 Å². The van der Waals surface area contributed by atoms with Crippen LogP contribution in [0.15, 0.2) is 18.2 Å². The first-order valence-electron chi connectivity index (χ1n) is 6.32. The summed E-state index contributed by atoms with van der Waals surface area (Å²) in [5, 5.41) is 9.29. The number of aliphatic hydroxyl groups is 1. The smallest absolute Gasteiger partial charge is 0.123 e. The Hall–Kier alpha value is -0.710. The van der Waals surface area contributed by atoms with Crippen LogP contribution in [0.25, 0.3) is 0 Å². The van der Waals surface area contributed by atoms with Gasteiger partial charge >= 0.3 is 0 Å². The van der Waals surface area contributed by atoms with Gasteiger partial charge in [-0.05, 0) is 31.5 Å². The normalized spacial score (nSPS) is 14.3. The highest BCUT2D eigenvalue weighted by Crippen LogP contribution is 2.28. The molecule has 3 nitrogen and oxygen atoms in total. The average molecular weight is 269 g/mol. The standard InChI is InChI=1S/C14H23NO2S/c1-4-17-14-6-5-12(11(3)15)7-13(14)9-18-10(2)8-16/h5-7,10-11,16H,4,8-9,15H2,1-3H3. The second-order valence-electron chi connectivity index (χ2n) is 4.39. The third-order valence-corrected chi connectivity index (χ3v) is 3.89. The van der Waals surface area contributed by atoms with Crippen molar-refractivity contribution < 1.29 is 9.84 Å². The zero-order valence-electron chi connectivity index (χ0n) is 11.3. The van der Waals surface area contributed by atoms with Crippen molar-refractivity contribution in [2.45, 2.75) is 37.8 Å². The minimum absolute atomic E-state index is 0.0275. The third kappa shape index (κ3) is 4.52. The molecule has 0 aliphatic heterocycles. The number of hydrogen-bond acceptors (Lipinski definition) is 4. The van der Waals surface area contributed by atoms with E-state index >= 15 is 0 Å². The lowest BCUT2D eigenvalue weighted by Crippen LogP contribution is -2.07. The van der Waals surface area contributed by atoms with Gasteiger partial charge in [0.2, 0.25) is 0 Å². The van der Waals surface area contributed by atoms with Gasteiger partial charge in [0.1, 0.15) is 5.75 Å². The van der Waals surface area contributed by atoms with Gasteiger partial charge in [-0.2, -0.15) is 11.8 Å². The van der Waals surface area contributed by atoms with Crippen LogP contribution in [-0.4, -0.2) is 23.6 Å². The molecule has 2 atom stereocenters. The van der Waals surface area contributed by atoms with Crippen molar-refractivity contribution in [2.75, 3.05) is 13.2 Å². The molecule has 0 aliphatic rings. The Morgan fingerprint density at radius 2 is 2.11 bits per heavy atom. The molecule has 0 aromatic heterocycles. The van der Waals surface area contributed by atoms with E-state index in [1.807, 2.05) is 32.9 Å². The molecule has 1 rings (SSSR count). The van der Waals surface area contributed by atoms with E-state index < -0.39 is 0 Å². The highest BCUT2D eigenvalue weighted by Gasteiger charge is 2.09. The van der Waals surface area contributed by atoms with Crippen LogP contribution in [0.4, 0.5) is 0 Å². The molecule has 0 fully saturated rings. The van der Waals surface area contributed by atoms with Crippen molar-refractivity contribution in [2.24, 2.45) is 5.73 Å². The topological polar surface area (TPSA) is 55.5 Å². The van der Waals surface area contributed by atoms with E-state index in [0.29, 0.717) is 6.61 Å². The van der Waals surface area contributed by atoms with E-state index in [-0.39, 0.29) is 17.9 Å². The molecule has 18 heavy (non-hydrogen) atoms. The fraction of sp³-hybridized carbons (Fsp3) is 0.571. The van der Waals surface area contributed by atoms with Gasteiger partial charge in [-0.3, -0.25) is 0 Å². The van der Waals surface area contributed by atoms with E-state index in [2.05, 4.69) is 6.07 Å². The molecule has 0 saturated heterocycles. The molecular formula is C14H23NO2S. The Morgan fingerprint density at radius 1 is 1.39 bits per heavy atom. The molecule has 0 radical (unpaired) electrons. The fourth-order valence-corrected chi connectivity index (χ4v) is 2.37. The highest BCUT2D eigenvalue weighted by atomic mass is 32.2. The van der Waals surface area contributed by atoms with Gasteiger partial charge in [-0.1, -0.05) is 13.0 Å². The predicted molar refractivity (Wildman–Crippen MR) is 78.1 cm³/mol. The Labute approximate surface area is 114 Å². The van der Waals surface area contributed by atoms with E-state index in [9.17, 15) is 0 Å². The molecule has 0 bridgehead atoms. The van der Waals surface area contributed by atoms with Gasteiger partial charge in [0, 0.05) is 22.6 Å². The molecule has 0 amide bonds. The minimum atomic E-state index is 0.0275. The number of aliphatic hydroxyl groups excluding tert-OH is 1. The zero-order valence-corrected chi connectivity index (χ0v) is 12.2. The summed E-state index contributed by atoms with van der Waals surface area (Å²) in [6, 6.07) is 6.13. The second-order valence-corrected chi connectivity index (χ2v) is 5.82. The number of hydrogen-bond donors (Lipinski definition) is 2. The van der Waals surface area contributed by atoms with Gasteiger partial charge in [-0.25, -0.2) is 0 Å². The van der Waals surface area contributed by atoms with Crippen LogP contribution in [0.2, 0.25) is 0 Å². The first-order valence-corrected chi connectivity index (χ1v) is 7.37. The summed E-state index contributed by atoms with van der Waals surface area (Å²) >= 11 is 1.72. The molecule has 0 aliphatic carbocycles. The van der Waals surface area contributed by atoms with Crippen LogP contribution in [0, 0.1) is 0 Å². The van der Waals surface area contributed by atoms with E-state index in [4.69, 9.17) is 15.6 Å². The number of thioether (sulfide) groups is 1. The van der Waals surface area contributed by atoms with Crippen LogP contribution in [0.1, 0.15) is 37.9 Å². The number of nitrogens with two attached hydrogens (primary N) is 1. The van der Waals surface area contributed by atoms with Gasteiger partial charge in [0.05, 0.1) is 13.2 Å². The maximum atomic E-state index is 9.06. The van der Waals surface area contributed by atoms with Crippen molar-refractivity contribution in [3.05, 3.63) is 29.3 Å². The first-order chi connectivity index (χ1) is 8.58. The molecule has 1 aromatic carbocycles. The third-order valence-electron chi connectivity index (χ3n) is 2.69. The summed E-state index contributed by atoms with van der Waals surface area (Å²) in [4.78, 5) is 0. The summed E-state index contributed by atoms with van der Waals surface area (Å²) in [7, 11) is 0. The lowest BCUT2D eigenvalue weighted by atomic mass is 10.1. The van der Waals surface area contributed by atoms with E-state index in [1.165, 1.54) is 0 Å². The Bertz CT molecular complexity index is 369. The first kappa shape index (κ1) is 15.3. The van der Waals surface area contributed by atoms with E-state index in [1.54, 1.807) is 11.8 Å². The summed E-state index contributed by atoms with van der Waals surface area (Å²) in [5.74, 6) is 1.75. The largest absolute Gasteiger partial charge is 0.494 e. The second kappa shape index (κ2) is 7.67. The average Bonchev–Trinajstić information content (AvgIpc) is 2.37. The maximum Gasteiger partial charge on any atom is 0.123 e. The van der Waals surface area contributed by atoms with Crippen LogP contribution in [-0.2, 0) is 5.75 Å². The van der Waals surface area contributed by atoms with Gasteiger partial charge in [0.25, 0.3) is 0 Å². The molecule has 4 heteroatoms. The molecule has 1 aromatic rings. The summed E-state index contributed by atoms with van der Waals surface area (Å²) < 4.78 is 5.62. The summed E-state index contributed by atoms with van der Waals surface area (Å²) in [5.41, 5.74) is 8.17. The van der Waals surface area contributed by atoms with Crippen molar-refractivity contribution in [3.63, 3.8) is 0 Å². The fourth-order valence-electron chi connectivity index (χ4n) is 1.58. The molecule has 0 heterocycles. The number of rotatable bonds is 7. The monoisotopic (exact) mass is 269 g/mol. The van der Waals surface area contributed by atoms with Gasteiger partial charge in [0.15, 0.2) is 0 Å². The summed E-state index contributed by atoms with van der Waals surface area (Å²) in [6.07, 6.45) is 0. The molecule has 0 spiro atoms. The van der Waals surface area contributed by atoms with Crippen molar-refractivity contribution in [1.82, 2.24) is 0 Å². The van der Waals surface area contributed by atoms with Gasteiger partial charge < -0.3 is 15.6 Å². The van der Waals surface area contributed by atoms with Crippen molar-refractivity contribution in [3.8, 4) is 5.75 Å². The van der Waals surface area contributed by atoms with Crippen molar-refractivity contribution >= 4 is 11.8 Å². The molecule has 3 N–H and O–H groups in total. The van der Waals surface area contributed by atoms with Crippen LogP contribution >= 0.6 is 11.8 Å². The number of benzene rings is 1. The maximum absolute atomic E-state index is 9.06. The highest BCUT2D eigenvalue weighted by molar-refractivity contribution is 7.99. The van der Waals surface area contributed by atoms with E-state index in [0.717, 1.165) is 22.6 Å². The van der Waals surface area contributed by atoms with Crippen molar-refractivity contribution in [1.29, 1.82) is 0 Å². The predicted octanol–water partition coefficient (Wildman–Crippen LogP) is 2.72. The molecule has 102 valence electrons. The molecular weight excluding hydrogens is 246 g/mol. The Kier molecular flexibility index (Phi) is 6.54. The minimum Gasteiger partial charge on any atom is -0.494 e. The quantitative estimate of drug-likeness (QED) is 0.799. The SMILES string of the molecule is CCOc1ccc(C(C)N)cc1CSC(C)CO. The lowest BCUT2D eigenvalue weighted by Gasteiger charge is -2.15.